The van der Waals surface area contributed by atoms with Gasteiger partial charge in [-0.25, -0.2) is 4.79 Å². The Kier molecular flexibility index (Phi) is 11.1. The van der Waals surface area contributed by atoms with E-state index >= 15 is 0 Å². The molecule has 2 aromatic rings. The van der Waals surface area contributed by atoms with E-state index in [4.69, 9.17) is 23.3 Å². The molecule has 0 radical (unpaired) electrons. The predicted octanol–water partition coefficient (Wildman–Crippen LogP) is 5.87. The molecule has 0 aromatic heterocycles. The summed E-state index contributed by atoms with van der Waals surface area (Å²) in [6, 6.07) is 7.27. The van der Waals surface area contributed by atoms with E-state index in [1.165, 1.54) is 0 Å². The first-order chi connectivity index (χ1) is 21.3. The number of hydrogen-bond acceptors (Lipinski definition) is 11. The monoisotopic (exact) mass is 664 g/mol. The lowest BCUT2D eigenvalue weighted by molar-refractivity contribution is -0.118. The first-order valence-corrected chi connectivity index (χ1v) is 17.5. The topological polar surface area (TPSA) is 159 Å². The molecule has 0 saturated carbocycles. The van der Waals surface area contributed by atoms with Gasteiger partial charge < -0.3 is 33.7 Å². The van der Waals surface area contributed by atoms with Gasteiger partial charge in [0.1, 0.15) is 35.6 Å². The number of carbonyl (C=O) groups excluding carboxylic acids is 3. The number of nitrogens with one attached hydrogen (secondary N) is 2. The quantitative estimate of drug-likeness (QED) is 0.220. The summed E-state index contributed by atoms with van der Waals surface area (Å²) >= 11 is 0.986. The van der Waals surface area contributed by atoms with Crippen molar-refractivity contribution in [3.05, 3.63) is 52.1 Å². The van der Waals surface area contributed by atoms with Crippen molar-refractivity contribution < 1.29 is 47.3 Å². The Morgan fingerprint density at radius 1 is 1.11 bits per heavy atom. The molecule has 3 N–H and O–H groups in total. The van der Waals surface area contributed by atoms with E-state index in [1.807, 2.05) is 26.0 Å². The van der Waals surface area contributed by atoms with Crippen LogP contribution in [0.15, 0.2) is 24.3 Å². The van der Waals surface area contributed by atoms with Gasteiger partial charge in [0.15, 0.2) is 0 Å². The van der Waals surface area contributed by atoms with E-state index in [2.05, 4.69) is 10.6 Å². The van der Waals surface area contributed by atoms with E-state index in [1.54, 1.807) is 39.8 Å². The van der Waals surface area contributed by atoms with E-state index in [9.17, 15) is 24.1 Å². The number of phenols is 1. The minimum absolute atomic E-state index is 0.0125. The van der Waals surface area contributed by atoms with Crippen molar-refractivity contribution in [3.8, 4) is 17.2 Å². The Hall–Kier alpha value is -3.25. The lowest BCUT2D eigenvalue weighted by atomic mass is 9.85. The summed E-state index contributed by atoms with van der Waals surface area (Å²) in [5.74, 6) is 0.916. The molecule has 2 aliphatic rings. The molecular weight excluding hydrogens is 623 g/mol. The van der Waals surface area contributed by atoms with Gasteiger partial charge in [-0.15, -0.1) is 0 Å². The van der Waals surface area contributed by atoms with E-state index in [0.29, 0.717) is 34.6 Å². The highest BCUT2D eigenvalue weighted by Gasteiger charge is 2.43. The number of benzene rings is 2. The highest BCUT2D eigenvalue weighted by molar-refractivity contribution is 8.15. The molecule has 3 atom stereocenters. The summed E-state index contributed by atoms with van der Waals surface area (Å²) in [6.07, 6.45) is -0.868. The predicted molar refractivity (Wildman–Crippen MR) is 169 cm³/mol. The van der Waals surface area contributed by atoms with Crippen molar-refractivity contribution >= 4 is 36.6 Å². The number of thioether (sulfide) groups is 1. The number of aromatic hydroxyl groups is 1. The van der Waals surface area contributed by atoms with Crippen LogP contribution < -0.4 is 20.1 Å². The second-order valence-corrected chi connectivity index (χ2v) is 14.6. The van der Waals surface area contributed by atoms with Crippen LogP contribution in [0.3, 0.4) is 0 Å². The van der Waals surface area contributed by atoms with Crippen molar-refractivity contribution in [1.82, 2.24) is 10.6 Å². The molecule has 3 unspecified atom stereocenters. The average Bonchev–Trinajstić information content (AvgIpc) is 3.30. The van der Waals surface area contributed by atoms with Crippen LogP contribution in [0.4, 0.5) is 9.59 Å². The number of imide groups is 1. The summed E-state index contributed by atoms with van der Waals surface area (Å²) in [6.45, 7) is 11.3. The summed E-state index contributed by atoms with van der Waals surface area (Å²) in [5, 5.41) is 15.0. The van der Waals surface area contributed by atoms with Gasteiger partial charge in [-0.1, -0.05) is 23.9 Å². The maximum absolute atomic E-state index is 13.0. The number of alkyl carbamates (subject to hydrolysis) is 1. The molecule has 1 saturated heterocycles. The first kappa shape index (κ1) is 34.6. The van der Waals surface area contributed by atoms with Gasteiger partial charge in [0, 0.05) is 24.1 Å². The highest BCUT2D eigenvalue weighted by atomic mass is 32.2. The second-order valence-electron chi connectivity index (χ2n) is 11.2. The normalized spacial score (nSPS) is 21.1. The van der Waals surface area contributed by atoms with Crippen molar-refractivity contribution in [2.45, 2.75) is 71.3 Å². The van der Waals surface area contributed by atoms with Gasteiger partial charge in [-0.2, -0.15) is 0 Å². The number of fused-ring (bicyclic) bond motifs is 1. The highest BCUT2D eigenvalue weighted by Crippen LogP contribution is 2.49. The van der Waals surface area contributed by atoms with Crippen LogP contribution in [0.5, 0.6) is 17.2 Å². The number of carbonyl (C=O) groups is 3. The van der Waals surface area contributed by atoms with Crippen molar-refractivity contribution in [3.63, 3.8) is 0 Å². The third-order valence-electron chi connectivity index (χ3n) is 7.76. The molecule has 12 nitrogen and oxygen atoms in total. The third kappa shape index (κ3) is 8.32. The van der Waals surface area contributed by atoms with Crippen LogP contribution in [-0.4, -0.2) is 65.7 Å². The zero-order valence-corrected chi connectivity index (χ0v) is 28.1. The molecule has 2 aliphatic heterocycles. The third-order valence-corrected chi connectivity index (χ3v) is 10.8. The zero-order valence-electron chi connectivity index (χ0n) is 26.4. The summed E-state index contributed by atoms with van der Waals surface area (Å²) < 4.78 is 41.9. The van der Waals surface area contributed by atoms with Crippen LogP contribution in [0.1, 0.15) is 61.1 Å². The molecule has 2 heterocycles. The van der Waals surface area contributed by atoms with Gasteiger partial charge in [0.05, 0.1) is 24.6 Å². The van der Waals surface area contributed by atoms with Crippen molar-refractivity contribution in [2.24, 2.45) is 0 Å². The largest absolute Gasteiger partial charge is 0.507 e. The summed E-state index contributed by atoms with van der Waals surface area (Å²) in [5.41, 5.74) is 2.48. The molecule has 45 heavy (non-hydrogen) atoms. The van der Waals surface area contributed by atoms with Crippen LogP contribution in [0.2, 0.25) is 0 Å². The van der Waals surface area contributed by atoms with E-state index in [-0.39, 0.29) is 55.8 Å². The molecule has 3 amide bonds. The summed E-state index contributed by atoms with van der Waals surface area (Å²) in [4.78, 5) is 36.4. The Labute approximate surface area is 267 Å². The molecule has 1 fully saturated rings. The van der Waals surface area contributed by atoms with Gasteiger partial charge in [-0.3, -0.25) is 19.5 Å². The molecular formula is C31H41N2O10PS. The maximum Gasteiger partial charge on any atom is 0.407 e. The molecule has 2 aromatic carbocycles. The summed E-state index contributed by atoms with van der Waals surface area (Å²) in [7, 11) is -3.35. The van der Waals surface area contributed by atoms with Crippen LogP contribution in [0.25, 0.3) is 0 Å². The Balaban J connectivity index is 1.46. The smallest absolute Gasteiger partial charge is 0.407 e. The van der Waals surface area contributed by atoms with E-state index < -0.39 is 30.6 Å². The van der Waals surface area contributed by atoms with Crippen LogP contribution in [0, 0.1) is 20.8 Å². The first-order valence-electron chi connectivity index (χ1n) is 14.9. The standard InChI is InChI=1S/C31H41N2O10PS/c1-7-40-44(38,41-8-2)14-13-32-29(36)42-23-16-31(6,43-27-19(4)18(3)26(34)20(5)25(23)27)17-39-22-11-9-21(10-12-22)15-24-28(35)33-30(37)45-24/h9-12,23-24,34H,7-8,13-17H2,1-6H3,(H,32,36)(H,33,35,37). The fraction of sp³-hybridized carbons (Fsp3) is 0.516. The maximum atomic E-state index is 13.0. The second kappa shape index (κ2) is 14.5. The molecule has 246 valence electrons. The molecule has 0 bridgehead atoms. The lowest BCUT2D eigenvalue weighted by Gasteiger charge is -2.41. The molecule has 4 rings (SSSR count). The van der Waals surface area contributed by atoms with Gasteiger partial charge in [-0.05, 0) is 76.8 Å². The fourth-order valence-corrected chi connectivity index (χ4v) is 7.71. The van der Waals surface area contributed by atoms with Crippen LogP contribution in [-0.2, 0) is 29.6 Å². The minimum Gasteiger partial charge on any atom is -0.507 e. The van der Waals surface area contributed by atoms with Crippen molar-refractivity contribution in [2.75, 3.05) is 32.5 Å². The van der Waals surface area contributed by atoms with Crippen LogP contribution >= 0.6 is 19.4 Å². The Bertz CT molecular complexity index is 1470. The van der Waals surface area contributed by atoms with Gasteiger partial charge >= 0.3 is 13.7 Å². The number of rotatable bonds is 13. The number of phenolic OH excluding ortho intramolecular Hbond substituents is 1. The zero-order chi connectivity index (χ0) is 32.9. The Morgan fingerprint density at radius 3 is 2.38 bits per heavy atom. The minimum atomic E-state index is -3.35. The van der Waals surface area contributed by atoms with Gasteiger partial charge in [0.25, 0.3) is 5.24 Å². The Morgan fingerprint density at radius 2 is 1.78 bits per heavy atom. The number of amides is 3. The average molecular weight is 665 g/mol. The van der Waals surface area contributed by atoms with Crippen molar-refractivity contribution in [1.29, 1.82) is 0 Å². The molecule has 0 spiro atoms. The van der Waals surface area contributed by atoms with Gasteiger partial charge in [0.2, 0.25) is 5.91 Å². The SMILES string of the molecule is CCOP(=O)(CCNC(=O)OC1CC(C)(COc2ccc(CC3SC(=O)NC3=O)cc2)Oc2c(C)c(C)c(O)c(C)c21)OCC. The van der Waals surface area contributed by atoms with E-state index in [0.717, 1.165) is 22.9 Å². The molecule has 14 heteroatoms. The molecule has 0 aliphatic carbocycles. The lowest BCUT2D eigenvalue weighted by Crippen LogP contribution is -2.45. The fourth-order valence-electron chi connectivity index (χ4n) is 5.34. The number of hydrogen-bond donors (Lipinski definition) is 3. The number of ether oxygens (including phenoxy) is 3.